The third-order valence-corrected chi connectivity index (χ3v) is 14.4. The highest BCUT2D eigenvalue weighted by Gasteiger charge is 2.47. The molecule has 0 bridgehead atoms. The molecule has 2 aromatic rings. The second-order valence-electron chi connectivity index (χ2n) is 20.1. The molecule has 366 valence electrons. The van der Waals surface area contributed by atoms with Crippen molar-refractivity contribution in [1.82, 2.24) is 14.5 Å². The monoisotopic (exact) mass is 945 g/mol. The Morgan fingerprint density at radius 3 is 1.67 bits per heavy atom. The van der Waals surface area contributed by atoms with Gasteiger partial charge in [0.25, 0.3) is 17.7 Å². The van der Waals surface area contributed by atoms with E-state index in [1.807, 2.05) is 11.6 Å². The van der Waals surface area contributed by atoms with Crippen LogP contribution in [0.2, 0.25) is 0 Å². The average molecular weight is 946 g/mol. The lowest BCUT2D eigenvalue weighted by Crippen LogP contribution is -2.49. The van der Waals surface area contributed by atoms with Crippen LogP contribution in [0.5, 0.6) is 23.0 Å². The molecule has 3 amide bonds. The number of allylic oxidation sites excluding steroid dienone is 8. The van der Waals surface area contributed by atoms with Crippen LogP contribution in [0.25, 0.3) is 0 Å². The molecule has 14 nitrogen and oxygen atoms in total. The van der Waals surface area contributed by atoms with Gasteiger partial charge >= 0.3 is 0 Å². The Morgan fingerprint density at radius 1 is 0.746 bits per heavy atom. The molecule has 0 aliphatic carbocycles. The molecular weight excluding hydrogens is 875 g/mol. The van der Waals surface area contributed by atoms with Gasteiger partial charge in [0.15, 0.2) is 0 Å². The van der Waals surface area contributed by atoms with Gasteiger partial charge in [0, 0.05) is 41.6 Å². The van der Waals surface area contributed by atoms with E-state index < -0.39 is 51.3 Å². The smallest absolute Gasteiger partial charge is 0.256 e. The highest BCUT2D eigenvalue weighted by atomic mass is 32.2. The van der Waals surface area contributed by atoms with Crippen molar-refractivity contribution >= 4 is 27.7 Å². The average Bonchev–Trinajstić information content (AvgIpc) is 3.71. The lowest BCUT2D eigenvalue weighted by molar-refractivity contribution is -0.124. The zero-order valence-corrected chi connectivity index (χ0v) is 41.6. The van der Waals surface area contributed by atoms with Gasteiger partial charge in [0.2, 0.25) is 10.0 Å². The Kier molecular flexibility index (Phi) is 15.8. The van der Waals surface area contributed by atoms with Crippen LogP contribution in [0.4, 0.5) is 0 Å². The van der Waals surface area contributed by atoms with E-state index in [9.17, 15) is 43.2 Å². The van der Waals surface area contributed by atoms with Crippen LogP contribution in [0.15, 0.2) is 58.7 Å². The molecule has 4 heterocycles. The normalized spacial score (nSPS) is 22.9. The van der Waals surface area contributed by atoms with Crippen molar-refractivity contribution in [1.29, 1.82) is 0 Å². The fourth-order valence-electron chi connectivity index (χ4n) is 9.66. The first-order valence-electron chi connectivity index (χ1n) is 23.6. The second-order valence-corrected chi connectivity index (χ2v) is 21.9. The van der Waals surface area contributed by atoms with E-state index in [0.29, 0.717) is 53.7 Å². The minimum atomic E-state index is -4.04. The number of hydrogen-bond donors (Lipinski definition) is 5. The second kappa shape index (κ2) is 20.6. The fourth-order valence-corrected chi connectivity index (χ4v) is 10.2. The summed E-state index contributed by atoms with van der Waals surface area (Å²) in [6, 6.07) is 1.43. The summed E-state index contributed by atoms with van der Waals surface area (Å²) in [7, 11) is -4.04. The highest BCUT2D eigenvalue weighted by Crippen LogP contribution is 2.48. The zero-order chi connectivity index (χ0) is 49.2. The number of fused-ring (bicyclic) bond motifs is 6. The molecule has 0 unspecified atom stereocenters. The van der Waals surface area contributed by atoms with E-state index in [2.05, 4.69) is 65.8 Å². The summed E-state index contributed by atoms with van der Waals surface area (Å²) < 4.78 is 39.9. The van der Waals surface area contributed by atoms with Gasteiger partial charge in [-0.15, -0.1) is 0 Å². The van der Waals surface area contributed by atoms with E-state index in [1.54, 1.807) is 11.8 Å². The predicted molar refractivity (Wildman–Crippen MR) is 258 cm³/mol. The van der Waals surface area contributed by atoms with Crippen LogP contribution < -0.4 is 14.2 Å². The largest absolute Gasteiger partial charge is 0.508 e. The maximum atomic E-state index is 14.2. The number of benzene rings is 2. The molecule has 15 heteroatoms. The number of nitrogens with one attached hydrogen (secondary N) is 1. The SMILES string of the molecule is CC(C)=CCC/C(C)=C/CC[C@@]1(C)Oc2c(c(O)cc3c2CN(CCC[C@@H](C(=O)NS(C)(=O)=O)N2Cc4c(cc(O)c5c4O[C@](C)(CC/C=C(\C)CCC=C(C)C)[C@@H](O)C5)C2=O)C3=O)C[C@@H]1O. The third kappa shape index (κ3) is 11.8. The van der Waals surface area contributed by atoms with Crippen molar-refractivity contribution < 1.29 is 52.7 Å². The Balaban J connectivity index is 1.17. The minimum absolute atomic E-state index is 0.0304. The number of amides is 3. The molecule has 0 aromatic heterocycles. The Bertz CT molecular complexity index is 2500. The number of nitrogens with zero attached hydrogens (tertiary/aromatic N) is 2. The van der Waals surface area contributed by atoms with Crippen LogP contribution in [-0.4, -0.2) is 98.6 Å². The maximum Gasteiger partial charge on any atom is 0.256 e. The van der Waals surface area contributed by atoms with Gasteiger partial charge in [-0.05, 0) is 132 Å². The van der Waals surface area contributed by atoms with Crippen LogP contribution in [0, 0.1) is 0 Å². The van der Waals surface area contributed by atoms with Gasteiger partial charge in [-0.3, -0.25) is 19.1 Å². The molecule has 4 aliphatic rings. The van der Waals surface area contributed by atoms with Crippen molar-refractivity contribution in [2.75, 3.05) is 12.8 Å². The van der Waals surface area contributed by atoms with Crippen molar-refractivity contribution in [2.24, 2.45) is 0 Å². The van der Waals surface area contributed by atoms with Gasteiger partial charge < -0.3 is 39.7 Å². The van der Waals surface area contributed by atoms with Crippen molar-refractivity contribution in [2.45, 2.75) is 175 Å². The molecule has 67 heavy (non-hydrogen) atoms. The number of carbonyl (C=O) groups is 3. The van der Waals surface area contributed by atoms with Crippen LogP contribution in [-0.2, 0) is 40.7 Å². The quantitative estimate of drug-likeness (QED) is 0.0855. The standard InChI is InChI=1S/C52H71N3O11S/c1-31(2)15-10-17-33(5)19-12-22-51(7)44(58)27-37-42(56)25-35-39(46(37)65-51)29-54(49(35)61)24-14-21-41(48(60)53-67(9,63)64)55-30-40-36(50(55)62)26-43(57)38-28-45(59)52(8,66-47(38)40)23-13-20-34(6)18-11-16-32(3)4/h15-16,19-20,25-26,41,44-45,56-59H,10-14,17-18,21-24,27-30H2,1-9H3,(H,53,60)/b33-19+,34-20+/t41-,44-,45-,51+,52+/m0/s1. The summed E-state index contributed by atoms with van der Waals surface area (Å²) in [6.45, 7) is 16.2. The van der Waals surface area contributed by atoms with Gasteiger partial charge in [0.05, 0.1) is 42.7 Å². The zero-order valence-electron chi connectivity index (χ0n) is 40.8. The Hall–Kier alpha value is -5.12. The number of phenols is 2. The molecule has 2 aromatic carbocycles. The number of ether oxygens (including phenoxy) is 2. The van der Waals surface area contributed by atoms with E-state index in [1.165, 1.54) is 39.3 Å². The molecular formula is C52H71N3O11S. The summed E-state index contributed by atoms with van der Waals surface area (Å²) in [5.74, 6) is -1.61. The summed E-state index contributed by atoms with van der Waals surface area (Å²) in [6.07, 6.45) is 14.0. The maximum absolute atomic E-state index is 14.2. The number of aromatic hydroxyl groups is 2. The third-order valence-electron chi connectivity index (χ3n) is 13.8. The topological polar surface area (TPSA) is 203 Å². The number of sulfonamides is 1. The number of carbonyl (C=O) groups excluding carboxylic acids is 3. The van der Waals surface area contributed by atoms with Gasteiger partial charge in [-0.1, -0.05) is 46.6 Å². The first-order valence-corrected chi connectivity index (χ1v) is 25.5. The molecule has 6 rings (SSSR count). The lowest BCUT2D eigenvalue weighted by Gasteiger charge is -2.41. The summed E-state index contributed by atoms with van der Waals surface area (Å²) in [4.78, 5) is 44.8. The van der Waals surface area contributed by atoms with Gasteiger partial charge in [0.1, 0.15) is 40.2 Å². The van der Waals surface area contributed by atoms with E-state index in [4.69, 9.17) is 9.47 Å². The molecule has 0 radical (unpaired) electrons. The Labute approximate surface area is 396 Å². The number of aliphatic hydroxyl groups is 2. The number of hydrogen-bond acceptors (Lipinski definition) is 11. The number of aliphatic hydroxyl groups excluding tert-OH is 2. The minimum Gasteiger partial charge on any atom is -0.508 e. The first kappa shape index (κ1) is 51.3. The molecule has 0 spiro atoms. The molecule has 5 N–H and O–H groups in total. The molecule has 0 saturated carbocycles. The number of phenolic OH excluding ortho intramolecular Hbond substituents is 2. The molecule has 0 fully saturated rings. The molecule has 5 atom stereocenters. The fraction of sp³-hybridized carbons (Fsp3) is 0.558. The van der Waals surface area contributed by atoms with E-state index in [0.717, 1.165) is 31.9 Å². The number of rotatable bonds is 19. The van der Waals surface area contributed by atoms with E-state index in [-0.39, 0.29) is 79.6 Å². The van der Waals surface area contributed by atoms with Gasteiger partial charge in [-0.25, -0.2) is 8.42 Å². The first-order chi connectivity index (χ1) is 31.4. The lowest BCUT2D eigenvalue weighted by atomic mass is 9.84. The van der Waals surface area contributed by atoms with Crippen molar-refractivity contribution in [3.63, 3.8) is 0 Å². The van der Waals surface area contributed by atoms with E-state index >= 15 is 0 Å². The van der Waals surface area contributed by atoms with Crippen LogP contribution in [0.3, 0.4) is 0 Å². The van der Waals surface area contributed by atoms with Crippen molar-refractivity contribution in [3.05, 3.63) is 92.1 Å². The molecule has 4 aliphatic heterocycles. The molecule has 0 saturated heterocycles. The predicted octanol–water partition coefficient (Wildman–Crippen LogP) is 7.99. The van der Waals surface area contributed by atoms with Crippen molar-refractivity contribution in [3.8, 4) is 23.0 Å². The van der Waals surface area contributed by atoms with Crippen LogP contribution >= 0.6 is 0 Å². The highest BCUT2D eigenvalue weighted by molar-refractivity contribution is 7.89. The summed E-state index contributed by atoms with van der Waals surface area (Å²) in [5.41, 5.74) is 5.13. The summed E-state index contributed by atoms with van der Waals surface area (Å²) in [5, 5.41) is 44.9. The Morgan fingerprint density at radius 2 is 1.21 bits per heavy atom. The van der Waals surface area contributed by atoms with Gasteiger partial charge in [-0.2, -0.15) is 0 Å². The summed E-state index contributed by atoms with van der Waals surface area (Å²) >= 11 is 0. The van der Waals surface area contributed by atoms with Crippen LogP contribution in [0.1, 0.15) is 163 Å².